The molecule has 0 spiro atoms. The lowest BCUT2D eigenvalue weighted by atomic mass is 10.2. The SMILES string of the molecule is O=[N+]([O-])c1ccc(OCc2ccc(OC(F)(F)F)cc2)c(OCc2ccc(OC(F)(F)F)cc2)c1. The van der Waals surface area contributed by atoms with Crippen LogP contribution < -0.4 is 18.9 Å². The summed E-state index contributed by atoms with van der Waals surface area (Å²) in [7, 11) is 0. The molecule has 3 aromatic carbocycles. The molecule has 0 N–H and O–H groups in total. The van der Waals surface area contributed by atoms with Crippen LogP contribution in [0.3, 0.4) is 0 Å². The molecule has 35 heavy (non-hydrogen) atoms. The molecular weight excluding hydrogens is 488 g/mol. The maximum absolute atomic E-state index is 12.3. The second-order valence-electron chi connectivity index (χ2n) is 6.85. The van der Waals surface area contributed by atoms with Gasteiger partial charge in [-0.05, 0) is 41.5 Å². The van der Waals surface area contributed by atoms with Gasteiger partial charge in [-0.25, -0.2) is 0 Å². The van der Waals surface area contributed by atoms with Crippen LogP contribution in [-0.2, 0) is 13.2 Å². The largest absolute Gasteiger partial charge is 0.573 e. The van der Waals surface area contributed by atoms with E-state index >= 15 is 0 Å². The molecule has 0 atom stereocenters. The number of alkyl halides is 6. The number of ether oxygens (including phenoxy) is 4. The Hall–Kier alpha value is -4.16. The Bertz CT molecular complexity index is 1150. The standard InChI is InChI=1S/C22H15F6NO6/c23-21(24,25)34-17-6-1-14(2-7-17)12-32-19-10-5-16(29(30)31)11-20(19)33-13-15-3-8-18(9-4-15)35-22(26,27)28/h1-11H,12-13H2. The predicted octanol–water partition coefficient (Wildman–Crippen LogP) is 6.55. The molecule has 3 aromatic rings. The minimum Gasteiger partial charge on any atom is -0.485 e. The van der Waals surface area contributed by atoms with Crippen molar-refractivity contribution in [3.63, 3.8) is 0 Å². The zero-order chi connectivity index (χ0) is 25.6. The molecule has 0 saturated carbocycles. The number of nitro benzene ring substituents is 1. The minimum atomic E-state index is -4.83. The van der Waals surface area contributed by atoms with Gasteiger partial charge in [0.2, 0.25) is 0 Å². The van der Waals surface area contributed by atoms with E-state index in [4.69, 9.17) is 9.47 Å². The van der Waals surface area contributed by atoms with Crippen LogP contribution in [0.25, 0.3) is 0 Å². The van der Waals surface area contributed by atoms with Crippen molar-refractivity contribution in [2.45, 2.75) is 25.9 Å². The van der Waals surface area contributed by atoms with Gasteiger partial charge in [-0.1, -0.05) is 24.3 Å². The molecule has 0 aliphatic carbocycles. The summed E-state index contributed by atoms with van der Waals surface area (Å²) in [5, 5.41) is 11.1. The molecule has 0 aliphatic heterocycles. The Balaban J connectivity index is 1.68. The number of nitrogens with zero attached hydrogens (tertiary/aromatic N) is 1. The van der Waals surface area contributed by atoms with Crippen LogP contribution in [0.1, 0.15) is 11.1 Å². The molecule has 0 aromatic heterocycles. The van der Waals surface area contributed by atoms with Gasteiger partial charge >= 0.3 is 12.7 Å². The highest BCUT2D eigenvalue weighted by atomic mass is 19.4. The summed E-state index contributed by atoms with van der Waals surface area (Å²) in [6, 6.07) is 13.3. The van der Waals surface area contributed by atoms with Gasteiger partial charge in [0.25, 0.3) is 5.69 Å². The fourth-order valence-corrected chi connectivity index (χ4v) is 2.74. The monoisotopic (exact) mass is 503 g/mol. The highest BCUT2D eigenvalue weighted by molar-refractivity contribution is 5.49. The molecule has 0 unspecified atom stereocenters. The highest BCUT2D eigenvalue weighted by Crippen LogP contribution is 2.33. The molecule has 0 heterocycles. The van der Waals surface area contributed by atoms with E-state index in [1.54, 1.807) is 0 Å². The molecule has 0 fully saturated rings. The molecule has 0 aliphatic rings. The van der Waals surface area contributed by atoms with Crippen molar-refractivity contribution < 1.29 is 50.2 Å². The molecular formula is C22H15F6NO6. The molecule has 7 nitrogen and oxygen atoms in total. The second-order valence-corrected chi connectivity index (χ2v) is 6.85. The van der Waals surface area contributed by atoms with Gasteiger partial charge in [-0.3, -0.25) is 10.1 Å². The van der Waals surface area contributed by atoms with Crippen LogP contribution in [0.2, 0.25) is 0 Å². The van der Waals surface area contributed by atoms with E-state index in [1.165, 1.54) is 36.4 Å². The quantitative estimate of drug-likeness (QED) is 0.187. The third kappa shape index (κ3) is 8.28. The number of hydrogen-bond acceptors (Lipinski definition) is 6. The summed E-state index contributed by atoms with van der Waals surface area (Å²) in [4.78, 5) is 10.5. The average Bonchev–Trinajstić information content (AvgIpc) is 2.76. The van der Waals surface area contributed by atoms with Crippen molar-refractivity contribution in [2.24, 2.45) is 0 Å². The van der Waals surface area contributed by atoms with E-state index in [-0.39, 0.29) is 30.4 Å². The van der Waals surface area contributed by atoms with E-state index in [2.05, 4.69) is 9.47 Å². The lowest BCUT2D eigenvalue weighted by Gasteiger charge is -2.14. The number of nitro groups is 1. The van der Waals surface area contributed by atoms with Gasteiger partial charge in [-0.15, -0.1) is 26.3 Å². The van der Waals surface area contributed by atoms with E-state index < -0.39 is 29.1 Å². The van der Waals surface area contributed by atoms with Gasteiger partial charge in [0.15, 0.2) is 11.5 Å². The highest BCUT2D eigenvalue weighted by Gasteiger charge is 2.31. The molecule has 186 valence electrons. The summed E-state index contributed by atoms with van der Waals surface area (Å²) in [5.74, 6) is -0.755. The van der Waals surface area contributed by atoms with Gasteiger partial charge in [-0.2, -0.15) is 0 Å². The Morgan fingerprint density at radius 1 is 0.657 bits per heavy atom. The smallest absolute Gasteiger partial charge is 0.485 e. The number of non-ortho nitro benzene ring substituents is 1. The van der Waals surface area contributed by atoms with Crippen LogP contribution in [0, 0.1) is 10.1 Å². The third-order valence-corrected chi connectivity index (χ3v) is 4.24. The topological polar surface area (TPSA) is 80.1 Å². The van der Waals surface area contributed by atoms with Gasteiger partial charge in [0, 0.05) is 6.07 Å². The predicted molar refractivity (Wildman–Crippen MR) is 108 cm³/mol. The van der Waals surface area contributed by atoms with Crippen LogP contribution in [-0.4, -0.2) is 17.6 Å². The first-order chi connectivity index (χ1) is 16.4. The van der Waals surface area contributed by atoms with Crippen molar-refractivity contribution in [1.82, 2.24) is 0 Å². The van der Waals surface area contributed by atoms with E-state index in [0.29, 0.717) is 11.1 Å². The fourth-order valence-electron chi connectivity index (χ4n) is 2.74. The number of hydrogen-bond donors (Lipinski definition) is 0. The first-order valence-electron chi connectivity index (χ1n) is 9.61. The molecule has 0 amide bonds. The van der Waals surface area contributed by atoms with Gasteiger partial charge in [0.1, 0.15) is 24.7 Å². The Kier molecular flexibility index (Phi) is 7.57. The maximum atomic E-state index is 12.3. The van der Waals surface area contributed by atoms with Crippen molar-refractivity contribution in [3.8, 4) is 23.0 Å². The van der Waals surface area contributed by atoms with Gasteiger partial charge < -0.3 is 18.9 Å². The first kappa shape index (κ1) is 25.5. The molecule has 13 heteroatoms. The first-order valence-corrected chi connectivity index (χ1v) is 9.61. The Morgan fingerprint density at radius 2 is 1.09 bits per heavy atom. The molecule has 0 radical (unpaired) electrons. The Morgan fingerprint density at radius 3 is 1.49 bits per heavy atom. The van der Waals surface area contributed by atoms with E-state index in [9.17, 15) is 36.5 Å². The summed E-state index contributed by atoms with van der Waals surface area (Å²) in [5.41, 5.74) is 0.622. The normalized spacial score (nSPS) is 11.6. The second kappa shape index (κ2) is 10.4. The fraction of sp³-hybridized carbons (Fsp3) is 0.182. The summed E-state index contributed by atoms with van der Waals surface area (Å²) < 4.78 is 92.4. The minimum absolute atomic E-state index is 0.0214. The zero-order valence-electron chi connectivity index (χ0n) is 17.4. The van der Waals surface area contributed by atoms with Crippen LogP contribution in [0.5, 0.6) is 23.0 Å². The number of benzene rings is 3. The molecule has 3 rings (SSSR count). The maximum Gasteiger partial charge on any atom is 0.573 e. The van der Waals surface area contributed by atoms with E-state index in [0.717, 1.165) is 30.3 Å². The lowest BCUT2D eigenvalue weighted by molar-refractivity contribution is -0.385. The summed E-state index contributed by atoms with van der Waals surface area (Å²) >= 11 is 0. The van der Waals surface area contributed by atoms with Crippen molar-refractivity contribution >= 4 is 5.69 Å². The third-order valence-electron chi connectivity index (χ3n) is 4.24. The average molecular weight is 503 g/mol. The zero-order valence-corrected chi connectivity index (χ0v) is 17.4. The van der Waals surface area contributed by atoms with Gasteiger partial charge in [0.05, 0.1) is 11.0 Å². The lowest BCUT2D eigenvalue weighted by Crippen LogP contribution is -2.17. The van der Waals surface area contributed by atoms with Crippen LogP contribution >= 0.6 is 0 Å². The number of halogens is 6. The van der Waals surface area contributed by atoms with E-state index in [1.807, 2.05) is 0 Å². The summed E-state index contributed by atoms with van der Waals surface area (Å²) in [6.45, 7) is -0.267. The van der Waals surface area contributed by atoms with Crippen molar-refractivity contribution in [1.29, 1.82) is 0 Å². The summed E-state index contributed by atoms with van der Waals surface area (Å²) in [6.07, 6.45) is -9.66. The van der Waals surface area contributed by atoms with Crippen molar-refractivity contribution in [3.05, 3.63) is 88.0 Å². The van der Waals surface area contributed by atoms with Crippen LogP contribution in [0.4, 0.5) is 32.0 Å². The molecule has 0 saturated heterocycles. The Labute approximate surface area is 193 Å². The van der Waals surface area contributed by atoms with Crippen LogP contribution in [0.15, 0.2) is 66.7 Å². The van der Waals surface area contributed by atoms with Crippen molar-refractivity contribution in [2.75, 3.05) is 0 Å². The molecule has 0 bridgehead atoms. The number of rotatable bonds is 9.